The molecule has 0 aromatic heterocycles. The highest BCUT2D eigenvalue weighted by Crippen LogP contribution is 2.20. The summed E-state index contributed by atoms with van der Waals surface area (Å²) in [6, 6.07) is 13.9. The van der Waals surface area contributed by atoms with Crippen LogP contribution in [0.4, 0.5) is 5.69 Å². The predicted octanol–water partition coefficient (Wildman–Crippen LogP) is 3.80. The third-order valence-electron chi connectivity index (χ3n) is 2.78. The molecule has 106 valence electrons. The highest BCUT2D eigenvalue weighted by Gasteiger charge is 2.10. The summed E-state index contributed by atoms with van der Waals surface area (Å²) < 4.78 is 5.14. The molecule has 0 heterocycles. The summed E-state index contributed by atoms with van der Waals surface area (Å²) in [6.07, 6.45) is 0. The number of carbonyl (C=O) groups excluding carboxylic acids is 1. The number of nitrogens with one attached hydrogen (secondary N) is 1. The van der Waals surface area contributed by atoms with Gasteiger partial charge in [0.1, 0.15) is 11.8 Å². The minimum absolute atomic E-state index is 0.00925. The Kier molecular flexibility index (Phi) is 4.81. The van der Waals surface area contributed by atoms with Crippen molar-refractivity contribution in [1.82, 2.24) is 0 Å². The lowest BCUT2D eigenvalue weighted by Gasteiger charge is -2.08. The fraction of sp³-hybridized carbons (Fsp3) is 0.125. The molecule has 0 fully saturated rings. The summed E-state index contributed by atoms with van der Waals surface area (Å²) in [5, 5.41) is 11.6. The Balaban J connectivity index is 2.07. The number of nitrogens with zero attached hydrogens (tertiary/aromatic N) is 1. The van der Waals surface area contributed by atoms with Gasteiger partial charge in [0.05, 0.1) is 10.6 Å². The highest BCUT2D eigenvalue weighted by atomic mass is 35.5. The number of ether oxygens (including phenoxy) is 1. The van der Waals surface area contributed by atoms with E-state index in [-0.39, 0.29) is 12.5 Å². The maximum Gasteiger partial charge on any atom is 0.257 e. The first-order valence-corrected chi connectivity index (χ1v) is 6.65. The van der Waals surface area contributed by atoms with E-state index in [1.54, 1.807) is 36.4 Å². The number of anilines is 1. The second kappa shape index (κ2) is 6.78. The summed E-state index contributed by atoms with van der Waals surface area (Å²) in [5.41, 5.74) is 2.04. The fourth-order valence-corrected chi connectivity index (χ4v) is 2.07. The molecule has 21 heavy (non-hydrogen) atoms. The van der Waals surface area contributed by atoms with Crippen molar-refractivity contribution < 1.29 is 9.53 Å². The molecule has 2 aromatic rings. The minimum Gasteiger partial charge on any atom is -0.479 e. The highest BCUT2D eigenvalue weighted by molar-refractivity contribution is 6.34. The Bertz CT molecular complexity index is 690. The zero-order chi connectivity index (χ0) is 15.2. The fourth-order valence-electron chi connectivity index (χ4n) is 1.75. The smallest absolute Gasteiger partial charge is 0.257 e. The van der Waals surface area contributed by atoms with Gasteiger partial charge in [-0.3, -0.25) is 4.79 Å². The van der Waals surface area contributed by atoms with Gasteiger partial charge in [0.25, 0.3) is 5.91 Å². The number of hydrogen-bond acceptors (Lipinski definition) is 3. The van der Waals surface area contributed by atoms with E-state index in [1.807, 2.05) is 19.1 Å². The van der Waals surface area contributed by atoms with Crippen LogP contribution in [-0.2, 0) is 0 Å². The molecule has 5 heteroatoms. The van der Waals surface area contributed by atoms with Gasteiger partial charge in [-0.1, -0.05) is 17.7 Å². The van der Waals surface area contributed by atoms with Crippen molar-refractivity contribution >= 4 is 23.2 Å². The Morgan fingerprint density at radius 1 is 1.29 bits per heavy atom. The summed E-state index contributed by atoms with van der Waals surface area (Å²) in [7, 11) is 0. The number of halogens is 1. The number of hydrogen-bond donors (Lipinski definition) is 1. The molecule has 1 amide bonds. The van der Waals surface area contributed by atoms with E-state index in [1.165, 1.54) is 0 Å². The SMILES string of the molecule is Cc1ccc(C(=O)Nc2ccc(OCC#N)cc2)c(Cl)c1. The normalized spacial score (nSPS) is 9.76. The van der Waals surface area contributed by atoms with Crippen LogP contribution in [0.1, 0.15) is 15.9 Å². The molecular weight excluding hydrogens is 288 g/mol. The van der Waals surface area contributed by atoms with E-state index in [9.17, 15) is 4.79 Å². The van der Waals surface area contributed by atoms with Crippen molar-refractivity contribution in [2.75, 3.05) is 11.9 Å². The minimum atomic E-state index is -0.273. The Hall–Kier alpha value is -2.51. The van der Waals surface area contributed by atoms with Gasteiger partial charge in [0.15, 0.2) is 6.61 Å². The molecule has 0 atom stereocenters. The summed E-state index contributed by atoms with van der Waals surface area (Å²) >= 11 is 6.06. The zero-order valence-electron chi connectivity index (χ0n) is 11.4. The molecule has 0 radical (unpaired) electrons. The van der Waals surface area contributed by atoms with E-state index in [2.05, 4.69) is 5.32 Å². The average Bonchev–Trinajstić information content (AvgIpc) is 2.46. The molecule has 0 unspecified atom stereocenters. The second-order valence-corrected chi connectivity index (χ2v) is 4.82. The van der Waals surface area contributed by atoms with Gasteiger partial charge < -0.3 is 10.1 Å². The Morgan fingerprint density at radius 2 is 2.00 bits per heavy atom. The third-order valence-corrected chi connectivity index (χ3v) is 3.10. The Morgan fingerprint density at radius 3 is 2.62 bits per heavy atom. The van der Waals surface area contributed by atoms with Gasteiger partial charge in [0, 0.05) is 5.69 Å². The number of amides is 1. The van der Waals surface area contributed by atoms with Crippen LogP contribution in [0.3, 0.4) is 0 Å². The maximum absolute atomic E-state index is 12.1. The molecule has 2 aromatic carbocycles. The van der Waals surface area contributed by atoms with Gasteiger partial charge >= 0.3 is 0 Å². The standard InChI is InChI=1S/C16H13ClN2O2/c1-11-2-7-14(15(17)10-11)16(20)19-12-3-5-13(6-4-12)21-9-8-18/h2-7,10H,9H2,1H3,(H,19,20). The second-order valence-electron chi connectivity index (χ2n) is 4.41. The van der Waals surface area contributed by atoms with Gasteiger partial charge in [-0.15, -0.1) is 0 Å². The van der Waals surface area contributed by atoms with Crippen LogP contribution in [-0.4, -0.2) is 12.5 Å². The first kappa shape index (κ1) is 14.9. The predicted molar refractivity (Wildman–Crippen MR) is 81.7 cm³/mol. The van der Waals surface area contributed by atoms with Crippen molar-refractivity contribution in [3.8, 4) is 11.8 Å². The maximum atomic E-state index is 12.1. The van der Waals surface area contributed by atoms with Crippen LogP contribution in [0.25, 0.3) is 0 Å². The van der Waals surface area contributed by atoms with Gasteiger partial charge in [-0.05, 0) is 48.9 Å². The van der Waals surface area contributed by atoms with Crippen molar-refractivity contribution in [3.05, 3.63) is 58.6 Å². The average molecular weight is 301 g/mol. The molecule has 0 aliphatic heterocycles. The van der Waals surface area contributed by atoms with Crippen LogP contribution in [0.2, 0.25) is 5.02 Å². The number of benzene rings is 2. The molecule has 0 aliphatic rings. The number of aryl methyl sites for hydroxylation is 1. The van der Waals surface area contributed by atoms with Crippen molar-refractivity contribution in [2.45, 2.75) is 6.92 Å². The molecule has 0 bridgehead atoms. The van der Waals surface area contributed by atoms with E-state index >= 15 is 0 Å². The molecule has 4 nitrogen and oxygen atoms in total. The number of rotatable bonds is 4. The first-order valence-electron chi connectivity index (χ1n) is 6.27. The summed E-state index contributed by atoms with van der Waals surface area (Å²) in [6.45, 7) is 1.90. The van der Waals surface area contributed by atoms with Gasteiger partial charge in [-0.2, -0.15) is 5.26 Å². The molecule has 2 rings (SSSR count). The Labute approximate surface area is 127 Å². The number of carbonyl (C=O) groups is 1. The van der Waals surface area contributed by atoms with Crippen LogP contribution in [0, 0.1) is 18.3 Å². The molecule has 0 saturated heterocycles. The third kappa shape index (κ3) is 3.98. The van der Waals surface area contributed by atoms with Crippen molar-refractivity contribution in [3.63, 3.8) is 0 Å². The van der Waals surface area contributed by atoms with E-state index in [4.69, 9.17) is 21.6 Å². The van der Waals surface area contributed by atoms with E-state index < -0.39 is 0 Å². The van der Waals surface area contributed by atoms with Crippen LogP contribution >= 0.6 is 11.6 Å². The molecule has 0 saturated carbocycles. The van der Waals surface area contributed by atoms with Crippen molar-refractivity contribution in [1.29, 1.82) is 5.26 Å². The zero-order valence-corrected chi connectivity index (χ0v) is 12.1. The van der Waals surface area contributed by atoms with Crippen LogP contribution in [0.5, 0.6) is 5.75 Å². The monoisotopic (exact) mass is 300 g/mol. The lowest BCUT2D eigenvalue weighted by Crippen LogP contribution is -2.12. The molecule has 0 aliphatic carbocycles. The van der Waals surface area contributed by atoms with Gasteiger partial charge in [-0.25, -0.2) is 0 Å². The van der Waals surface area contributed by atoms with Crippen LogP contribution in [0.15, 0.2) is 42.5 Å². The lowest BCUT2D eigenvalue weighted by molar-refractivity contribution is 0.102. The van der Waals surface area contributed by atoms with Crippen LogP contribution < -0.4 is 10.1 Å². The van der Waals surface area contributed by atoms with E-state index in [0.29, 0.717) is 22.0 Å². The topological polar surface area (TPSA) is 62.1 Å². The summed E-state index contributed by atoms with van der Waals surface area (Å²) in [4.78, 5) is 12.1. The molecule has 1 N–H and O–H groups in total. The lowest BCUT2D eigenvalue weighted by atomic mass is 10.1. The van der Waals surface area contributed by atoms with E-state index in [0.717, 1.165) is 5.56 Å². The summed E-state index contributed by atoms with van der Waals surface area (Å²) in [5.74, 6) is 0.300. The van der Waals surface area contributed by atoms with Crippen molar-refractivity contribution in [2.24, 2.45) is 0 Å². The largest absolute Gasteiger partial charge is 0.479 e. The first-order chi connectivity index (χ1) is 10.1. The molecule has 0 spiro atoms. The molecular formula is C16H13ClN2O2. The van der Waals surface area contributed by atoms with Gasteiger partial charge in [0.2, 0.25) is 0 Å². The number of nitriles is 1. The quantitative estimate of drug-likeness (QED) is 0.934.